The van der Waals surface area contributed by atoms with E-state index in [9.17, 15) is 9.90 Å². The number of hydrogen-bond acceptors (Lipinski definition) is 7. The van der Waals surface area contributed by atoms with Crippen LogP contribution in [0.5, 0.6) is 0 Å². The molecular weight excluding hydrogens is 372 g/mol. The van der Waals surface area contributed by atoms with Gasteiger partial charge in [-0.25, -0.2) is 15.0 Å². The topological polar surface area (TPSA) is 105 Å². The Morgan fingerprint density at radius 1 is 1.18 bits per heavy atom. The van der Waals surface area contributed by atoms with E-state index in [2.05, 4.69) is 22.1 Å². The number of aromatic nitrogens is 3. The Kier molecular flexibility index (Phi) is 5.17. The molecule has 0 spiro atoms. The highest BCUT2D eigenvalue weighted by molar-refractivity contribution is 8.00. The molecule has 1 unspecified atom stereocenters. The summed E-state index contributed by atoms with van der Waals surface area (Å²) >= 11 is 1.06. The number of carboxylic acids is 1. The number of carboxylic acid groups (broad SMARTS) is 1. The Labute approximate surface area is 167 Å². The number of thioether (sulfide) groups is 1. The minimum Gasteiger partial charge on any atom is -0.549 e. The lowest BCUT2D eigenvalue weighted by Crippen LogP contribution is -2.33. The highest BCUT2D eigenvalue weighted by Crippen LogP contribution is 2.38. The van der Waals surface area contributed by atoms with E-state index in [0.717, 1.165) is 59.7 Å². The van der Waals surface area contributed by atoms with Crippen LogP contribution in [0, 0.1) is 0 Å². The molecule has 0 bridgehead atoms. The van der Waals surface area contributed by atoms with Gasteiger partial charge in [0.15, 0.2) is 10.8 Å². The monoisotopic (exact) mass is 393 g/mol. The normalized spacial score (nSPS) is 14.6. The van der Waals surface area contributed by atoms with Crippen LogP contribution in [0.25, 0.3) is 22.2 Å². The number of fused-ring (bicyclic) bond motifs is 2. The fraction of sp³-hybridized carbons (Fsp3) is 0.333. The van der Waals surface area contributed by atoms with E-state index in [1.165, 1.54) is 5.56 Å². The van der Waals surface area contributed by atoms with Crippen molar-refractivity contribution in [3.05, 3.63) is 41.6 Å². The summed E-state index contributed by atoms with van der Waals surface area (Å²) in [6, 6.07) is 10.1. The molecule has 1 atom stereocenters. The first kappa shape index (κ1) is 18.7. The number of nitrogens with zero attached hydrogens (tertiary/aromatic N) is 3. The molecule has 3 aromatic rings. The van der Waals surface area contributed by atoms with Crippen molar-refractivity contribution in [2.75, 3.05) is 5.73 Å². The summed E-state index contributed by atoms with van der Waals surface area (Å²) in [6.45, 7) is 1.79. The summed E-state index contributed by atoms with van der Waals surface area (Å²) in [6.07, 6.45) is 4.51. The van der Waals surface area contributed by atoms with Gasteiger partial charge in [0.25, 0.3) is 0 Å². The summed E-state index contributed by atoms with van der Waals surface area (Å²) in [5, 5.41) is 11.6. The van der Waals surface area contributed by atoms with E-state index in [1.54, 1.807) is 6.92 Å². The zero-order valence-corrected chi connectivity index (χ0v) is 16.5. The highest BCUT2D eigenvalue weighted by Gasteiger charge is 2.23. The minimum absolute atomic E-state index is 0.323. The zero-order valence-electron chi connectivity index (χ0n) is 15.6. The van der Waals surface area contributed by atoms with Crippen molar-refractivity contribution in [3.8, 4) is 11.1 Å². The molecule has 7 heteroatoms. The SMILES string of the molecule is CCC(Sc1nc(N)c2c(-c3ccccc3)c3c(nc2n1)CCCC3)C(=O)[O-]. The first-order valence-electron chi connectivity index (χ1n) is 9.50. The summed E-state index contributed by atoms with van der Waals surface area (Å²) in [4.78, 5) is 25.0. The van der Waals surface area contributed by atoms with Crippen LogP contribution in [0.4, 0.5) is 5.82 Å². The number of nitrogens with two attached hydrogens (primary N) is 1. The van der Waals surface area contributed by atoms with Gasteiger partial charge in [0.05, 0.1) is 16.6 Å². The molecule has 1 aliphatic rings. The lowest BCUT2D eigenvalue weighted by Gasteiger charge is -2.22. The van der Waals surface area contributed by atoms with E-state index in [-0.39, 0.29) is 0 Å². The quantitative estimate of drug-likeness (QED) is 0.525. The molecule has 144 valence electrons. The Morgan fingerprint density at radius 2 is 1.93 bits per heavy atom. The van der Waals surface area contributed by atoms with Gasteiger partial charge in [0, 0.05) is 11.3 Å². The lowest BCUT2D eigenvalue weighted by molar-refractivity contribution is -0.304. The van der Waals surface area contributed by atoms with Crippen LogP contribution in [-0.2, 0) is 17.6 Å². The van der Waals surface area contributed by atoms with Gasteiger partial charge >= 0.3 is 0 Å². The van der Waals surface area contributed by atoms with E-state index < -0.39 is 11.2 Å². The number of benzene rings is 1. The van der Waals surface area contributed by atoms with Crippen LogP contribution in [-0.4, -0.2) is 26.2 Å². The second-order valence-electron chi connectivity index (χ2n) is 6.91. The smallest absolute Gasteiger partial charge is 0.192 e. The van der Waals surface area contributed by atoms with Crippen LogP contribution in [0.1, 0.15) is 37.4 Å². The molecule has 0 amide bonds. The van der Waals surface area contributed by atoms with Crippen LogP contribution in [0.15, 0.2) is 35.5 Å². The number of aliphatic carboxylic acids is 1. The van der Waals surface area contributed by atoms with Gasteiger partial charge in [-0.1, -0.05) is 49.0 Å². The van der Waals surface area contributed by atoms with Crippen molar-refractivity contribution in [2.24, 2.45) is 0 Å². The fourth-order valence-electron chi connectivity index (χ4n) is 3.73. The maximum absolute atomic E-state index is 11.3. The molecule has 28 heavy (non-hydrogen) atoms. The maximum atomic E-state index is 11.3. The second-order valence-corrected chi connectivity index (χ2v) is 8.08. The van der Waals surface area contributed by atoms with Crippen molar-refractivity contribution in [3.63, 3.8) is 0 Å². The minimum atomic E-state index is -1.13. The van der Waals surface area contributed by atoms with Crippen molar-refractivity contribution >= 4 is 34.6 Å². The number of carbonyl (C=O) groups excluding carboxylic acids is 1. The van der Waals surface area contributed by atoms with Gasteiger partial charge in [-0.05, 0) is 43.2 Å². The van der Waals surface area contributed by atoms with Crippen molar-refractivity contribution in [1.29, 1.82) is 0 Å². The Hall–Kier alpha value is -2.67. The zero-order chi connectivity index (χ0) is 19.7. The third-order valence-electron chi connectivity index (χ3n) is 5.07. The molecule has 4 rings (SSSR count). The standard InChI is InChI=1S/C21H22N4O2S/c1-2-15(20(26)27)28-21-24-18(22)17-16(12-8-4-3-5-9-12)13-10-6-7-11-14(13)23-19(17)25-21/h3-5,8-9,15H,2,6-7,10-11H2,1H3,(H,26,27)(H2,22,23,24,25)/p-1. The highest BCUT2D eigenvalue weighted by atomic mass is 32.2. The Morgan fingerprint density at radius 3 is 2.64 bits per heavy atom. The number of anilines is 1. The number of aryl methyl sites for hydroxylation is 1. The Balaban J connectivity index is 1.93. The molecule has 0 saturated heterocycles. The number of hydrogen-bond donors (Lipinski definition) is 1. The molecular formula is C21H21N4O2S-. The Bertz CT molecular complexity index is 1040. The number of pyridine rings is 1. The molecule has 0 aliphatic heterocycles. The molecule has 2 heterocycles. The number of rotatable bonds is 5. The largest absolute Gasteiger partial charge is 0.549 e. The van der Waals surface area contributed by atoms with Gasteiger partial charge in [0.1, 0.15) is 5.82 Å². The van der Waals surface area contributed by atoms with Crippen molar-refractivity contribution in [2.45, 2.75) is 49.4 Å². The predicted molar refractivity (Wildman–Crippen MR) is 109 cm³/mol. The van der Waals surface area contributed by atoms with Gasteiger partial charge in [0.2, 0.25) is 0 Å². The summed E-state index contributed by atoms with van der Waals surface area (Å²) in [7, 11) is 0. The van der Waals surface area contributed by atoms with Crippen LogP contribution in [0.2, 0.25) is 0 Å². The molecule has 1 aliphatic carbocycles. The van der Waals surface area contributed by atoms with Crippen LogP contribution < -0.4 is 10.8 Å². The predicted octanol–water partition coefficient (Wildman–Crippen LogP) is 2.77. The lowest BCUT2D eigenvalue weighted by atomic mass is 9.87. The van der Waals surface area contributed by atoms with Crippen molar-refractivity contribution in [1.82, 2.24) is 15.0 Å². The van der Waals surface area contributed by atoms with Gasteiger partial charge in [-0.15, -0.1) is 0 Å². The van der Waals surface area contributed by atoms with Crippen molar-refractivity contribution < 1.29 is 9.90 Å². The maximum Gasteiger partial charge on any atom is 0.192 e. The molecule has 0 radical (unpaired) electrons. The van der Waals surface area contributed by atoms with E-state index in [1.807, 2.05) is 18.2 Å². The average molecular weight is 393 g/mol. The van der Waals surface area contributed by atoms with Gasteiger partial charge < -0.3 is 15.6 Å². The average Bonchev–Trinajstić information content (AvgIpc) is 2.70. The van der Waals surface area contributed by atoms with E-state index in [0.29, 0.717) is 23.0 Å². The number of nitrogen functional groups attached to an aromatic ring is 1. The van der Waals surface area contributed by atoms with Crippen LogP contribution in [0.3, 0.4) is 0 Å². The third kappa shape index (κ3) is 3.42. The van der Waals surface area contributed by atoms with E-state index in [4.69, 9.17) is 10.7 Å². The molecule has 0 fully saturated rings. The summed E-state index contributed by atoms with van der Waals surface area (Å²) < 4.78 is 0. The third-order valence-corrected chi connectivity index (χ3v) is 6.28. The van der Waals surface area contributed by atoms with Gasteiger partial charge in [-0.2, -0.15) is 0 Å². The molecule has 0 saturated carbocycles. The molecule has 2 aromatic heterocycles. The number of carbonyl (C=O) groups is 1. The first-order valence-corrected chi connectivity index (χ1v) is 10.4. The molecule has 6 nitrogen and oxygen atoms in total. The molecule has 1 aromatic carbocycles. The second kappa shape index (κ2) is 7.75. The summed E-state index contributed by atoms with van der Waals surface area (Å²) in [5.74, 6) is -0.793. The molecule has 2 N–H and O–H groups in total. The van der Waals surface area contributed by atoms with E-state index >= 15 is 0 Å². The van der Waals surface area contributed by atoms with Crippen LogP contribution >= 0.6 is 11.8 Å². The summed E-state index contributed by atoms with van der Waals surface area (Å²) in [5.41, 5.74) is 11.3. The fourth-order valence-corrected chi connectivity index (χ4v) is 4.54. The van der Waals surface area contributed by atoms with Gasteiger partial charge in [-0.3, -0.25) is 0 Å². The first-order chi connectivity index (χ1) is 13.6.